The molecule has 9 atom stereocenters. The van der Waals surface area contributed by atoms with Crippen molar-refractivity contribution in [2.24, 2.45) is 0 Å². The van der Waals surface area contributed by atoms with E-state index in [2.05, 4.69) is 5.32 Å². The summed E-state index contributed by atoms with van der Waals surface area (Å²) in [7, 11) is 0. The minimum atomic E-state index is -2.10. The molecule has 10 N–H and O–H groups in total. The van der Waals surface area contributed by atoms with Gasteiger partial charge in [-0.2, -0.15) is 0 Å². The van der Waals surface area contributed by atoms with E-state index in [1.54, 1.807) is 0 Å². The molecule has 14 nitrogen and oxygen atoms in total. The Morgan fingerprint density at radius 3 is 2.12 bits per heavy atom. The third kappa shape index (κ3) is 9.30. The van der Waals surface area contributed by atoms with Crippen LogP contribution < -0.4 is 5.32 Å². The molecule has 0 aromatic carbocycles. The standard InChI is InChI=1S/C20H37NO13/c22-8-10(24)18(34-20-17(31)14(28)13(27)11(9-23)33-20)15(29)16(30)19(32)21-7-5-3-1-2-4-6-12(25)26/h10-11,13-18,20,22-24,27-31H,1-9H2,(H,21,32)(H,25,26)/t10?,11?,13-,14-,15+,16?,17?,18+,20-/m0/s1. The van der Waals surface area contributed by atoms with Gasteiger partial charge in [0.15, 0.2) is 12.4 Å². The summed E-state index contributed by atoms with van der Waals surface area (Å²) in [5.74, 6) is -1.86. The summed E-state index contributed by atoms with van der Waals surface area (Å²) in [5.41, 5.74) is 0. The molecule has 0 aromatic rings. The molecule has 0 radical (unpaired) electrons. The molecule has 1 fully saturated rings. The smallest absolute Gasteiger partial charge is 0.303 e. The van der Waals surface area contributed by atoms with Crippen molar-refractivity contribution in [3.8, 4) is 0 Å². The van der Waals surface area contributed by atoms with Crippen molar-refractivity contribution < 1.29 is 65.0 Å². The predicted molar refractivity (Wildman–Crippen MR) is 112 cm³/mol. The molecule has 14 heteroatoms. The van der Waals surface area contributed by atoms with Gasteiger partial charge in [-0.05, 0) is 12.8 Å². The molecule has 4 unspecified atom stereocenters. The van der Waals surface area contributed by atoms with Crippen molar-refractivity contribution in [3.63, 3.8) is 0 Å². The third-order valence-electron chi connectivity index (χ3n) is 5.50. The predicted octanol–water partition coefficient (Wildman–Crippen LogP) is -4.21. The Morgan fingerprint density at radius 1 is 0.912 bits per heavy atom. The fraction of sp³-hybridized carbons (Fsp3) is 0.900. The normalized spacial score (nSPS) is 28.6. The topological polar surface area (TPSA) is 247 Å². The molecule has 0 aliphatic carbocycles. The van der Waals surface area contributed by atoms with Gasteiger partial charge in [-0.15, -0.1) is 0 Å². The Balaban J connectivity index is 2.60. The van der Waals surface area contributed by atoms with Gasteiger partial charge in [0.05, 0.1) is 13.2 Å². The molecule has 200 valence electrons. The maximum absolute atomic E-state index is 12.2. The number of carbonyl (C=O) groups excluding carboxylic acids is 1. The summed E-state index contributed by atoms with van der Waals surface area (Å²) in [5, 5.41) is 89.8. The van der Waals surface area contributed by atoms with Crippen molar-refractivity contribution in [1.29, 1.82) is 0 Å². The zero-order valence-electron chi connectivity index (χ0n) is 18.7. The van der Waals surface area contributed by atoms with E-state index in [-0.39, 0.29) is 13.0 Å². The van der Waals surface area contributed by atoms with Gasteiger partial charge in [0.2, 0.25) is 0 Å². The summed E-state index contributed by atoms with van der Waals surface area (Å²) in [6.45, 7) is -1.57. The lowest BCUT2D eigenvalue weighted by Gasteiger charge is -2.42. The van der Waals surface area contributed by atoms with Gasteiger partial charge in [-0.1, -0.05) is 19.3 Å². The summed E-state index contributed by atoms with van der Waals surface area (Å²) < 4.78 is 10.4. The highest BCUT2D eigenvalue weighted by molar-refractivity contribution is 5.81. The van der Waals surface area contributed by atoms with E-state index in [0.29, 0.717) is 19.3 Å². The number of amides is 1. The van der Waals surface area contributed by atoms with E-state index in [9.17, 15) is 50.4 Å². The zero-order chi connectivity index (χ0) is 25.8. The molecule has 0 spiro atoms. The largest absolute Gasteiger partial charge is 0.481 e. The maximum Gasteiger partial charge on any atom is 0.303 e. The lowest BCUT2D eigenvalue weighted by Crippen LogP contribution is -2.62. The molecule has 0 saturated carbocycles. The van der Waals surface area contributed by atoms with Crippen LogP contribution in [0, 0.1) is 0 Å². The lowest BCUT2D eigenvalue weighted by atomic mass is 9.98. The SMILES string of the molecule is O=C(O)CCCCCCCNC(=O)C(O)[C@@H](O)[C@H](O[C@@H]1OC(CO)[C@H](O)[C@H](O)C1O)C(O)CO. The first-order valence-electron chi connectivity index (χ1n) is 11.2. The van der Waals surface area contributed by atoms with Crippen molar-refractivity contribution in [3.05, 3.63) is 0 Å². The number of aliphatic carboxylic acids is 1. The highest BCUT2D eigenvalue weighted by atomic mass is 16.7. The highest BCUT2D eigenvalue weighted by Gasteiger charge is 2.47. The van der Waals surface area contributed by atoms with Gasteiger partial charge in [0.1, 0.15) is 42.7 Å². The van der Waals surface area contributed by atoms with Crippen LogP contribution in [0.2, 0.25) is 0 Å². The molecule has 1 amide bonds. The number of rotatable bonds is 16. The number of nitrogens with one attached hydrogen (secondary N) is 1. The lowest BCUT2D eigenvalue weighted by molar-refractivity contribution is -0.326. The fourth-order valence-electron chi connectivity index (χ4n) is 3.42. The Hall–Kier alpha value is -1.46. The second-order valence-corrected chi connectivity index (χ2v) is 8.19. The zero-order valence-corrected chi connectivity index (χ0v) is 18.7. The molecule has 1 aliphatic heterocycles. The number of carbonyl (C=O) groups is 2. The Labute approximate surface area is 196 Å². The van der Waals surface area contributed by atoms with E-state index in [0.717, 1.165) is 12.8 Å². The summed E-state index contributed by atoms with van der Waals surface area (Å²) >= 11 is 0. The average Bonchev–Trinajstić information content (AvgIpc) is 2.82. The van der Waals surface area contributed by atoms with E-state index < -0.39 is 80.2 Å². The van der Waals surface area contributed by atoms with Crippen LogP contribution in [0.4, 0.5) is 0 Å². The molecule has 1 rings (SSSR count). The van der Waals surface area contributed by atoms with Crippen LogP contribution in [-0.4, -0.2) is 133 Å². The van der Waals surface area contributed by atoms with Gasteiger partial charge in [-0.25, -0.2) is 0 Å². The number of unbranched alkanes of at least 4 members (excludes halogenated alkanes) is 4. The maximum atomic E-state index is 12.2. The van der Waals surface area contributed by atoms with Crippen LogP contribution in [0.1, 0.15) is 38.5 Å². The number of carboxylic acid groups (broad SMARTS) is 1. The number of aliphatic hydroxyl groups excluding tert-OH is 8. The van der Waals surface area contributed by atoms with Gasteiger partial charge >= 0.3 is 5.97 Å². The van der Waals surface area contributed by atoms with E-state index in [4.69, 9.17) is 14.6 Å². The van der Waals surface area contributed by atoms with Crippen molar-refractivity contribution in [1.82, 2.24) is 5.32 Å². The Bertz CT molecular complexity index is 607. The fourth-order valence-corrected chi connectivity index (χ4v) is 3.42. The first-order chi connectivity index (χ1) is 16.0. The van der Waals surface area contributed by atoms with Crippen LogP contribution >= 0.6 is 0 Å². The number of hydrogen-bond acceptors (Lipinski definition) is 12. The van der Waals surface area contributed by atoms with Gasteiger partial charge in [-0.3, -0.25) is 9.59 Å². The van der Waals surface area contributed by atoms with Crippen LogP contribution in [0.3, 0.4) is 0 Å². The first-order valence-corrected chi connectivity index (χ1v) is 11.2. The van der Waals surface area contributed by atoms with Crippen LogP contribution in [0.15, 0.2) is 0 Å². The number of aliphatic hydroxyl groups is 8. The van der Waals surface area contributed by atoms with Crippen LogP contribution in [-0.2, 0) is 19.1 Å². The summed E-state index contributed by atoms with van der Waals surface area (Å²) in [6, 6.07) is 0. The molecule has 1 saturated heterocycles. The van der Waals surface area contributed by atoms with Crippen molar-refractivity contribution in [2.45, 2.75) is 93.6 Å². The van der Waals surface area contributed by atoms with E-state index in [1.807, 2.05) is 0 Å². The quantitative estimate of drug-likeness (QED) is 0.0906. The van der Waals surface area contributed by atoms with Gasteiger partial charge in [0.25, 0.3) is 5.91 Å². The molecular formula is C20H37NO13. The monoisotopic (exact) mass is 499 g/mol. The molecule has 0 bridgehead atoms. The van der Waals surface area contributed by atoms with Crippen molar-refractivity contribution in [2.75, 3.05) is 19.8 Å². The minimum Gasteiger partial charge on any atom is -0.481 e. The number of ether oxygens (including phenoxy) is 2. The summed E-state index contributed by atoms with van der Waals surface area (Å²) in [4.78, 5) is 22.6. The Morgan fingerprint density at radius 2 is 1.53 bits per heavy atom. The Kier molecular flexibility index (Phi) is 14.0. The van der Waals surface area contributed by atoms with Gasteiger partial charge in [0, 0.05) is 13.0 Å². The molecular weight excluding hydrogens is 462 g/mol. The van der Waals surface area contributed by atoms with Gasteiger partial charge < -0.3 is 60.7 Å². The molecule has 0 aromatic heterocycles. The minimum absolute atomic E-state index is 0.0901. The van der Waals surface area contributed by atoms with Crippen molar-refractivity contribution >= 4 is 11.9 Å². The second kappa shape index (κ2) is 15.5. The van der Waals surface area contributed by atoms with E-state index in [1.165, 1.54) is 0 Å². The molecule has 34 heavy (non-hydrogen) atoms. The number of hydrogen-bond donors (Lipinski definition) is 10. The van der Waals surface area contributed by atoms with Crippen LogP contribution in [0.25, 0.3) is 0 Å². The number of carboxylic acids is 1. The summed E-state index contributed by atoms with van der Waals surface area (Å²) in [6.07, 6.45) is -13.0. The third-order valence-corrected chi connectivity index (χ3v) is 5.50. The van der Waals surface area contributed by atoms with E-state index >= 15 is 0 Å². The second-order valence-electron chi connectivity index (χ2n) is 8.19. The average molecular weight is 500 g/mol. The van der Waals surface area contributed by atoms with Crippen LogP contribution in [0.5, 0.6) is 0 Å². The molecule has 1 heterocycles. The first kappa shape index (κ1) is 30.6. The molecule has 1 aliphatic rings. The highest BCUT2D eigenvalue weighted by Crippen LogP contribution is 2.25.